The standard InChI is InChI=1S/C28H26BrN5OS/c1-19-6-4-7-21(18-19)31-25(35)14-17-34-27(26(32-28(34)36)23-8-2-3-15-30-23)24-9-5-16-33(24)22-12-10-20(29)11-13-22/h2-13,15-16,18,26-27H,14,17H2,1H3,(H,31,35)(H,32,36)/t26-,27+/m1/s1. The van der Waals surface area contributed by atoms with Crippen LogP contribution in [0.3, 0.4) is 0 Å². The van der Waals surface area contributed by atoms with Crippen LogP contribution in [0, 0.1) is 6.92 Å². The van der Waals surface area contributed by atoms with E-state index in [1.165, 1.54) is 0 Å². The maximum absolute atomic E-state index is 12.8. The number of hydrogen-bond donors (Lipinski definition) is 2. The van der Waals surface area contributed by atoms with Crippen LogP contribution in [0.5, 0.6) is 0 Å². The molecule has 1 fully saturated rings. The number of rotatable bonds is 7. The molecule has 1 aliphatic rings. The van der Waals surface area contributed by atoms with E-state index in [2.05, 4.69) is 65.4 Å². The molecule has 3 heterocycles. The summed E-state index contributed by atoms with van der Waals surface area (Å²) in [6.07, 6.45) is 4.15. The Hall–Kier alpha value is -3.49. The Morgan fingerprint density at radius 2 is 1.92 bits per heavy atom. The molecule has 8 heteroatoms. The molecule has 0 radical (unpaired) electrons. The van der Waals surface area contributed by atoms with Gasteiger partial charge in [-0.05, 0) is 85.4 Å². The van der Waals surface area contributed by atoms with Gasteiger partial charge < -0.3 is 20.1 Å². The SMILES string of the molecule is Cc1cccc(NC(=O)CCN2C(=S)N[C@H](c3ccccn3)[C@@H]2c2cccn2-c2ccc(Br)cc2)c1. The van der Waals surface area contributed by atoms with Gasteiger partial charge in [-0.1, -0.05) is 34.1 Å². The van der Waals surface area contributed by atoms with E-state index in [0.29, 0.717) is 18.1 Å². The number of nitrogens with one attached hydrogen (secondary N) is 2. The number of aryl methyl sites for hydroxylation is 1. The molecule has 6 nitrogen and oxygen atoms in total. The van der Waals surface area contributed by atoms with E-state index in [9.17, 15) is 4.79 Å². The van der Waals surface area contributed by atoms with Crippen LogP contribution in [0.1, 0.15) is 35.5 Å². The average molecular weight is 561 g/mol. The molecule has 5 rings (SSSR count). The Morgan fingerprint density at radius 3 is 2.67 bits per heavy atom. The fourth-order valence-corrected chi connectivity index (χ4v) is 5.20. The third-order valence-corrected chi connectivity index (χ3v) is 7.15. The van der Waals surface area contributed by atoms with E-state index in [0.717, 1.165) is 32.8 Å². The van der Waals surface area contributed by atoms with Gasteiger partial charge in [0.25, 0.3) is 0 Å². The molecule has 0 unspecified atom stereocenters. The Kier molecular flexibility index (Phi) is 7.16. The lowest BCUT2D eigenvalue weighted by atomic mass is 10.0. The lowest BCUT2D eigenvalue weighted by Crippen LogP contribution is -2.33. The van der Waals surface area contributed by atoms with Crippen LogP contribution < -0.4 is 10.6 Å². The first-order valence-corrected chi connectivity index (χ1v) is 13.0. The normalized spacial score (nSPS) is 17.2. The first-order chi connectivity index (χ1) is 17.5. The topological polar surface area (TPSA) is 62.2 Å². The molecule has 2 N–H and O–H groups in total. The summed E-state index contributed by atoms with van der Waals surface area (Å²) in [4.78, 5) is 19.6. The van der Waals surface area contributed by atoms with E-state index in [1.807, 2.05) is 67.6 Å². The highest BCUT2D eigenvalue weighted by Gasteiger charge is 2.41. The van der Waals surface area contributed by atoms with Crippen LogP contribution in [0.4, 0.5) is 5.69 Å². The molecule has 2 aromatic heterocycles. The van der Waals surface area contributed by atoms with Crippen molar-refractivity contribution in [2.45, 2.75) is 25.4 Å². The Morgan fingerprint density at radius 1 is 1.08 bits per heavy atom. The smallest absolute Gasteiger partial charge is 0.226 e. The number of pyridine rings is 1. The highest BCUT2D eigenvalue weighted by atomic mass is 79.9. The number of anilines is 1. The second-order valence-corrected chi connectivity index (χ2v) is 10.1. The van der Waals surface area contributed by atoms with Crippen molar-refractivity contribution in [1.29, 1.82) is 0 Å². The molecule has 1 aliphatic heterocycles. The van der Waals surface area contributed by atoms with Crippen molar-refractivity contribution >= 4 is 44.9 Å². The number of thiocarbonyl (C=S) groups is 1. The minimum Gasteiger partial charge on any atom is -0.352 e. The van der Waals surface area contributed by atoms with Gasteiger partial charge in [0.2, 0.25) is 5.91 Å². The molecule has 4 aromatic rings. The predicted octanol–water partition coefficient (Wildman–Crippen LogP) is 5.94. The van der Waals surface area contributed by atoms with Crippen molar-refractivity contribution in [2.75, 3.05) is 11.9 Å². The van der Waals surface area contributed by atoms with Gasteiger partial charge in [0.05, 0.1) is 17.8 Å². The van der Waals surface area contributed by atoms with E-state index >= 15 is 0 Å². The molecule has 1 saturated heterocycles. The average Bonchev–Trinajstić information content (AvgIpc) is 3.48. The third-order valence-electron chi connectivity index (χ3n) is 6.27. The summed E-state index contributed by atoms with van der Waals surface area (Å²) in [7, 11) is 0. The van der Waals surface area contributed by atoms with E-state index in [1.54, 1.807) is 6.20 Å². The van der Waals surface area contributed by atoms with Gasteiger partial charge in [0, 0.05) is 46.9 Å². The van der Waals surface area contributed by atoms with Crippen molar-refractivity contribution < 1.29 is 4.79 Å². The molecular weight excluding hydrogens is 534 g/mol. The Labute approximate surface area is 224 Å². The lowest BCUT2D eigenvalue weighted by Gasteiger charge is -2.29. The van der Waals surface area contributed by atoms with Gasteiger partial charge in [-0.15, -0.1) is 0 Å². The van der Waals surface area contributed by atoms with Gasteiger partial charge in [0.1, 0.15) is 0 Å². The van der Waals surface area contributed by atoms with E-state index < -0.39 is 0 Å². The Bertz CT molecular complexity index is 1370. The number of carbonyl (C=O) groups is 1. The number of amides is 1. The maximum Gasteiger partial charge on any atom is 0.226 e. The molecule has 0 bridgehead atoms. The molecular formula is C28H26BrN5OS. The van der Waals surface area contributed by atoms with Gasteiger partial charge in [-0.3, -0.25) is 9.78 Å². The summed E-state index contributed by atoms with van der Waals surface area (Å²) in [5.41, 5.74) is 4.92. The molecule has 2 atom stereocenters. The summed E-state index contributed by atoms with van der Waals surface area (Å²) in [6, 6.07) is 25.8. The summed E-state index contributed by atoms with van der Waals surface area (Å²) in [5, 5.41) is 7.09. The second-order valence-electron chi connectivity index (χ2n) is 8.77. The molecule has 0 aliphatic carbocycles. The lowest BCUT2D eigenvalue weighted by molar-refractivity contribution is -0.116. The molecule has 182 valence electrons. The van der Waals surface area contributed by atoms with Crippen LogP contribution in [0.15, 0.2) is 95.7 Å². The molecule has 36 heavy (non-hydrogen) atoms. The van der Waals surface area contributed by atoms with Crippen LogP contribution in [0.2, 0.25) is 0 Å². The molecule has 1 amide bonds. The predicted molar refractivity (Wildman–Crippen MR) is 150 cm³/mol. The number of nitrogens with zero attached hydrogens (tertiary/aromatic N) is 3. The van der Waals surface area contributed by atoms with Crippen LogP contribution in [-0.2, 0) is 4.79 Å². The van der Waals surface area contributed by atoms with Crippen LogP contribution >= 0.6 is 28.1 Å². The molecule has 0 saturated carbocycles. The number of carbonyl (C=O) groups excluding carboxylic acids is 1. The summed E-state index contributed by atoms with van der Waals surface area (Å²) >= 11 is 9.31. The van der Waals surface area contributed by atoms with Crippen molar-refractivity contribution in [3.05, 3.63) is 113 Å². The second kappa shape index (κ2) is 10.6. The zero-order chi connectivity index (χ0) is 25.1. The summed E-state index contributed by atoms with van der Waals surface area (Å²) in [5.74, 6) is -0.0493. The fraction of sp³-hybridized carbons (Fsp3) is 0.179. The van der Waals surface area contributed by atoms with Crippen LogP contribution in [0.25, 0.3) is 5.69 Å². The highest BCUT2D eigenvalue weighted by Crippen LogP contribution is 2.39. The van der Waals surface area contributed by atoms with Gasteiger partial charge in [-0.2, -0.15) is 0 Å². The minimum atomic E-state index is -0.150. The highest BCUT2D eigenvalue weighted by molar-refractivity contribution is 9.10. The number of aromatic nitrogens is 2. The minimum absolute atomic E-state index is 0.0493. The van der Waals surface area contributed by atoms with Crippen molar-refractivity contribution in [3.63, 3.8) is 0 Å². The first-order valence-electron chi connectivity index (χ1n) is 11.8. The van der Waals surface area contributed by atoms with Crippen molar-refractivity contribution in [2.24, 2.45) is 0 Å². The zero-order valence-electron chi connectivity index (χ0n) is 19.8. The molecule has 2 aromatic carbocycles. The number of halogens is 1. The Balaban J connectivity index is 1.44. The number of benzene rings is 2. The molecule has 0 spiro atoms. The summed E-state index contributed by atoms with van der Waals surface area (Å²) in [6.45, 7) is 2.48. The van der Waals surface area contributed by atoms with Crippen LogP contribution in [-0.4, -0.2) is 32.0 Å². The van der Waals surface area contributed by atoms with E-state index in [4.69, 9.17) is 12.2 Å². The number of hydrogen-bond acceptors (Lipinski definition) is 3. The van der Waals surface area contributed by atoms with E-state index in [-0.39, 0.29) is 18.0 Å². The van der Waals surface area contributed by atoms with Crippen molar-refractivity contribution in [3.8, 4) is 5.69 Å². The first kappa shape index (κ1) is 24.2. The van der Waals surface area contributed by atoms with Crippen molar-refractivity contribution in [1.82, 2.24) is 19.8 Å². The summed E-state index contributed by atoms with van der Waals surface area (Å²) < 4.78 is 3.19. The zero-order valence-corrected chi connectivity index (χ0v) is 22.2. The monoisotopic (exact) mass is 559 g/mol. The largest absolute Gasteiger partial charge is 0.352 e. The van der Waals surface area contributed by atoms with Gasteiger partial charge in [-0.25, -0.2) is 0 Å². The van der Waals surface area contributed by atoms with Gasteiger partial charge >= 0.3 is 0 Å². The fourth-order valence-electron chi connectivity index (χ4n) is 4.61. The third kappa shape index (κ3) is 5.20. The quantitative estimate of drug-likeness (QED) is 0.274. The van der Waals surface area contributed by atoms with Gasteiger partial charge in [0.15, 0.2) is 5.11 Å². The maximum atomic E-state index is 12.8.